The molecular formula is C17H17Cl2F. The molecule has 1 atom stereocenters. The number of halogens is 3. The predicted molar refractivity (Wildman–Crippen MR) is 84.3 cm³/mol. The summed E-state index contributed by atoms with van der Waals surface area (Å²) >= 11 is 12.4. The lowest BCUT2D eigenvalue weighted by Gasteiger charge is -2.12. The molecule has 0 aliphatic rings. The lowest BCUT2D eigenvalue weighted by molar-refractivity contribution is 0.601. The molecule has 3 heteroatoms. The van der Waals surface area contributed by atoms with Gasteiger partial charge in [-0.25, -0.2) is 4.39 Å². The van der Waals surface area contributed by atoms with E-state index < -0.39 is 0 Å². The van der Waals surface area contributed by atoms with Gasteiger partial charge in [0.05, 0.1) is 0 Å². The molecule has 0 fully saturated rings. The molecular weight excluding hydrogens is 294 g/mol. The van der Waals surface area contributed by atoms with Crippen molar-refractivity contribution >= 4 is 23.2 Å². The third-order valence-electron chi connectivity index (χ3n) is 3.48. The van der Waals surface area contributed by atoms with Crippen molar-refractivity contribution in [3.8, 4) is 0 Å². The monoisotopic (exact) mass is 310 g/mol. The molecule has 0 aliphatic heterocycles. The van der Waals surface area contributed by atoms with Crippen molar-refractivity contribution in [2.45, 2.75) is 31.6 Å². The van der Waals surface area contributed by atoms with Gasteiger partial charge in [0.15, 0.2) is 0 Å². The van der Waals surface area contributed by atoms with Gasteiger partial charge in [-0.3, -0.25) is 0 Å². The molecule has 0 amide bonds. The molecule has 2 aromatic carbocycles. The summed E-state index contributed by atoms with van der Waals surface area (Å²) in [5, 5.41) is 0.329. The minimum absolute atomic E-state index is 0.121. The molecule has 1 unspecified atom stereocenters. The summed E-state index contributed by atoms with van der Waals surface area (Å²) in [5.41, 5.74) is 3.07. The average Bonchev–Trinajstić information content (AvgIpc) is 2.42. The van der Waals surface area contributed by atoms with Crippen LogP contribution in [0.2, 0.25) is 5.02 Å². The van der Waals surface area contributed by atoms with E-state index in [0.29, 0.717) is 17.0 Å². The maximum atomic E-state index is 13.7. The third kappa shape index (κ3) is 3.97. The van der Waals surface area contributed by atoms with Crippen LogP contribution >= 0.6 is 23.2 Å². The lowest BCUT2D eigenvalue weighted by Crippen LogP contribution is -2.07. The van der Waals surface area contributed by atoms with E-state index in [1.54, 1.807) is 12.1 Å². The van der Waals surface area contributed by atoms with Crippen LogP contribution in [0.25, 0.3) is 0 Å². The first kappa shape index (κ1) is 15.3. The number of hydrogen-bond acceptors (Lipinski definition) is 0. The van der Waals surface area contributed by atoms with Gasteiger partial charge in [0.25, 0.3) is 0 Å². The Morgan fingerprint density at radius 2 is 1.85 bits per heavy atom. The highest BCUT2D eigenvalue weighted by Gasteiger charge is 2.13. The molecule has 0 radical (unpaired) electrons. The van der Waals surface area contributed by atoms with Gasteiger partial charge in [-0.1, -0.05) is 41.9 Å². The van der Waals surface area contributed by atoms with Crippen LogP contribution in [0, 0.1) is 12.7 Å². The Labute approximate surface area is 129 Å². The summed E-state index contributed by atoms with van der Waals surface area (Å²) in [5.74, 6) is -0.279. The second-order valence-electron chi connectivity index (χ2n) is 4.97. The minimum atomic E-state index is -0.279. The van der Waals surface area contributed by atoms with Gasteiger partial charge in [0, 0.05) is 16.0 Å². The van der Waals surface area contributed by atoms with Crippen molar-refractivity contribution in [1.82, 2.24) is 0 Å². The van der Waals surface area contributed by atoms with E-state index in [0.717, 1.165) is 12.8 Å². The van der Waals surface area contributed by atoms with E-state index in [9.17, 15) is 4.39 Å². The first-order valence-electron chi connectivity index (χ1n) is 6.69. The first-order valence-corrected chi connectivity index (χ1v) is 7.51. The topological polar surface area (TPSA) is 0 Å². The SMILES string of the molecule is Cc1ccccc1CCC(Cl)Cc1c(F)cccc1Cl. The molecule has 0 spiro atoms. The number of benzene rings is 2. The smallest absolute Gasteiger partial charge is 0.127 e. The maximum absolute atomic E-state index is 13.7. The summed E-state index contributed by atoms with van der Waals surface area (Å²) in [4.78, 5) is 0. The number of hydrogen-bond donors (Lipinski definition) is 0. The number of rotatable bonds is 5. The second-order valence-corrected chi connectivity index (χ2v) is 5.99. The summed E-state index contributed by atoms with van der Waals surface area (Å²) in [6, 6.07) is 13.0. The molecule has 106 valence electrons. The van der Waals surface area contributed by atoms with Crippen LogP contribution in [0.5, 0.6) is 0 Å². The minimum Gasteiger partial charge on any atom is -0.207 e. The molecule has 0 saturated heterocycles. The fraction of sp³-hybridized carbons (Fsp3) is 0.294. The van der Waals surface area contributed by atoms with Crippen LogP contribution in [0.1, 0.15) is 23.1 Å². The van der Waals surface area contributed by atoms with Crippen molar-refractivity contribution < 1.29 is 4.39 Å². The molecule has 0 heterocycles. The summed E-state index contributed by atoms with van der Waals surface area (Å²) in [6.45, 7) is 2.09. The van der Waals surface area contributed by atoms with Crippen molar-refractivity contribution in [2.75, 3.05) is 0 Å². The van der Waals surface area contributed by atoms with E-state index in [1.807, 2.05) is 12.1 Å². The van der Waals surface area contributed by atoms with Crippen molar-refractivity contribution in [3.63, 3.8) is 0 Å². The fourth-order valence-electron chi connectivity index (χ4n) is 2.25. The first-order chi connectivity index (χ1) is 9.58. The Morgan fingerprint density at radius 3 is 2.55 bits per heavy atom. The van der Waals surface area contributed by atoms with Gasteiger partial charge in [-0.2, -0.15) is 0 Å². The molecule has 0 N–H and O–H groups in total. The Balaban J connectivity index is 1.96. The fourth-order valence-corrected chi connectivity index (χ4v) is 2.76. The highest BCUT2D eigenvalue weighted by molar-refractivity contribution is 6.31. The quantitative estimate of drug-likeness (QED) is 0.633. The lowest BCUT2D eigenvalue weighted by atomic mass is 10.00. The zero-order chi connectivity index (χ0) is 14.5. The van der Waals surface area contributed by atoms with Crippen molar-refractivity contribution in [1.29, 1.82) is 0 Å². The standard InChI is InChI=1S/C17H17Cl2F/c1-12-5-2-3-6-13(12)9-10-14(18)11-15-16(19)7-4-8-17(15)20/h2-8,14H,9-11H2,1H3. The molecule has 0 saturated carbocycles. The van der Waals surface area contributed by atoms with Gasteiger partial charge in [0.2, 0.25) is 0 Å². The molecule has 0 aliphatic carbocycles. The van der Waals surface area contributed by atoms with Crippen LogP contribution in [0.4, 0.5) is 4.39 Å². The van der Waals surface area contributed by atoms with Crippen LogP contribution in [0.3, 0.4) is 0 Å². The molecule has 20 heavy (non-hydrogen) atoms. The van der Waals surface area contributed by atoms with E-state index in [2.05, 4.69) is 19.1 Å². The second kappa shape index (κ2) is 7.10. The van der Waals surface area contributed by atoms with Crippen LogP contribution in [0.15, 0.2) is 42.5 Å². The number of alkyl halides is 1. The molecule has 2 aromatic rings. The predicted octanol–water partition coefficient (Wildman–Crippen LogP) is 5.57. The average molecular weight is 311 g/mol. The maximum Gasteiger partial charge on any atom is 0.127 e. The Bertz CT molecular complexity index is 561. The zero-order valence-electron chi connectivity index (χ0n) is 11.4. The highest BCUT2D eigenvalue weighted by Crippen LogP contribution is 2.24. The van der Waals surface area contributed by atoms with Gasteiger partial charge >= 0.3 is 0 Å². The summed E-state index contributed by atoms with van der Waals surface area (Å²) in [7, 11) is 0. The Morgan fingerprint density at radius 1 is 1.10 bits per heavy atom. The van der Waals surface area contributed by atoms with E-state index >= 15 is 0 Å². The zero-order valence-corrected chi connectivity index (χ0v) is 12.9. The van der Waals surface area contributed by atoms with Gasteiger partial charge in [0.1, 0.15) is 5.82 Å². The summed E-state index contributed by atoms with van der Waals surface area (Å²) < 4.78 is 13.7. The van der Waals surface area contributed by atoms with E-state index in [1.165, 1.54) is 17.2 Å². The van der Waals surface area contributed by atoms with Crippen molar-refractivity contribution in [2.24, 2.45) is 0 Å². The van der Waals surface area contributed by atoms with E-state index in [4.69, 9.17) is 23.2 Å². The van der Waals surface area contributed by atoms with E-state index in [-0.39, 0.29) is 11.2 Å². The van der Waals surface area contributed by atoms with Gasteiger partial charge < -0.3 is 0 Å². The molecule has 0 aromatic heterocycles. The van der Waals surface area contributed by atoms with Crippen LogP contribution < -0.4 is 0 Å². The number of aryl methyl sites for hydroxylation is 2. The van der Waals surface area contributed by atoms with Crippen LogP contribution in [-0.4, -0.2) is 5.38 Å². The summed E-state index contributed by atoms with van der Waals surface area (Å²) in [6.07, 6.45) is 2.16. The Kier molecular flexibility index (Phi) is 5.45. The largest absolute Gasteiger partial charge is 0.207 e. The highest BCUT2D eigenvalue weighted by atomic mass is 35.5. The molecule has 0 nitrogen and oxygen atoms in total. The van der Waals surface area contributed by atoms with Crippen molar-refractivity contribution in [3.05, 3.63) is 70.0 Å². The van der Waals surface area contributed by atoms with Gasteiger partial charge in [-0.05, 0) is 49.4 Å². The van der Waals surface area contributed by atoms with Crippen LogP contribution in [-0.2, 0) is 12.8 Å². The molecule has 2 rings (SSSR count). The third-order valence-corrected chi connectivity index (χ3v) is 4.20. The molecule has 0 bridgehead atoms. The Hall–Kier alpha value is -1.05. The normalized spacial score (nSPS) is 12.4. The van der Waals surface area contributed by atoms with Gasteiger partial charge in [-0.15, -0.1) is 11.6 Å².